The standard InChI is InChI=1S/C13H16BrN5O/c1-19-9-16-12(18-19)6-7-15-8-13(20)17-11-4-2-10(14)3-5-11/h2-5,9,15H,6-8H2,1H3,(H,17,20). The van der Waals surface area contributed by atoms with Crippen molar-refractivity contribution >= 4 is 27.5 Å². The second-order valence-corrected chi connectivity index (χ2v) is 5.23. The molecule has 0 aliphatic rings. The Bertz CT molecular complexity index is 566. The number of carbonyl (C=O) groups is 1. The number of nitrogens with one attached hydrogen (secondary N) is 2. The van der Waals surface area contributed by atoms with Crippen molar-refractivity contribution in [3.8, 4) is 0 Å². The maximum Gasteiger partial charge on any atom is 0.238 e. The summed E-state index contributed by atoms with van der Waals surface area (Å²) in [4.78, 5) is 15.8. The predicted octanol–water partition coefficient (Wildman–Crippen LogP) is 1.35. The molecule has 0 atom stereocenters. The average Bonchev–Trinajstić information content (AvgIpc) is 2.83. The van der Waals surface area contributed by atoms with Gasteiger partial charge in [-0.2, -0.15) is 5.10 Å². The predicted molar refractivity (Wildman–Crippen MR) is 80.3 cm³/mol. The summed E-state index contributed by atoms with van der Waals surface area (Å²) < 4.78 is 2.65. The minimum atomic E-state index is -0.0682. The highest BCUT2D eigenvalue weighted by Gasteiger charge is 2.03. The van der Waals surface area contributed by atoms with Gasteiger partial charge in [-0.05, 0) is 24.3 Å². The summed E-state index contributed by atoms with van der Waals surface area (Å²) in [6.07, 6.45) is 2.36. The lowest BCUT2D eigenvalue weighted by Gasteiger charge is -2.06. The molecule has 2 rings (SSSR count). The smallest absolute Gasteiger partial charge is 0.238 e. The van der Waals surface area contributed by atoms with Gasteiger partial charge in [0.25, 0.3) is 0 Å². The van der Waals surface area contributed by atoms with Crippen molar-refractivity contribution in [2.75, 3.05) is 18.4 Å². The Labute approximate surface area is 125 Å². The highest BCUT2D eigenvalue weighted by atomic mass is 79.9. The summed E-state index contributed by atoms with van der Waals surface area (Å²) in [7, 11) is 1.83. The minimum Gasteiger partial charge on any atom is -0.325 e. The van der Waals surface area contributed by atoms with Gasteiger partial charge in [0.1, 0.15) is 6.33 Å². The van der Waals surface area contributed by atoms with Crippen LogP contribution in [-0.2, 0) is 18.3 Å². The number of hydrogen-bond acceptors (Lipinski definition) is 4. The average molecular weight is 338 g/mol. The van der Waals surface area contributed by atoms with Crippen molar-refractivity contribution < 1.29 is 4.79 Å². The van der Waals surface area contributed by atoms with E-state index in [0.29, 0.717) is 13.0 Å². The van der Waals surface area contributed by atoms with E-state index < -0.39 is 0 Å². The molecule has 2 N–H and O–H groups in total. The third kappa shape index (κ3) is 4.75. The van der Waals surface area contributed by atoms with Crippen molar-refractivity contribution in [1.82, 2.24) is 20.1 Å². The SMILES string of the molecule is Cn1cnc(CCNCC(=O)Nc2ccc(Br)cc2)n1. The van der Waals surface area contributed by atoms with Crippen LogP contribution in [0.15, 0.2) is 35.1 Å². The number of amides is 1. The minimum absolute atomic E-state index is 0.0682. The zero-order chi connectivity index (χ0) is 14.4. The van der Waals surface area contributed by atoms with Gasteiger partial charge in [0.05, 0.1) is 6.54 Å². The Morgan fingerprint density at radius 2 is 2.10 bits per heavy atom. The number of rotatable bonds is 6. The van der Waals surface area contributed by atoms with Crippen LogP contribution in [0.5, 0.6) is 0 Å². The molecule has 0 spiro atoms. The fourth-order valence-electron chi connectivity index (χ4n) is 1.64. The van der Waals surface area contributed by atoms with Gasteiger partial charge >= 0.3 is 0 Å². The van der Waals surface area contributed by atoms with E-state index in [4.69, 9.17) is 0 Å². The molecule has 0 aliphatic carbocycles. The van der Waals surface area contributed by atoms with Gasteiger partial charge in [-0.3, -0.25) is 9.48 Å². The van der Waals surface area contributed by atoms with Gasteiger partial charge in [0.15, 0.2) is 5.82 Å². The number of nitrogens with zero attached hydrogens (tertiary/aromatic N) is 3. The molecule has 1 amide bonds. The van der Waals surface area contributed by atoms with Crippen molar-refractivity contribution in [3.63, 3.8) is 0 Å². The second-order valence-electron chi connectivity index (χ2n) is 4.32. The first-order chi connectivity index (χ1) is 9.63. The number of aromatic nitrogens is 3. The van der Waals surface area contributed by atoms with E-state index in [-0.39, 0.29) is 12.5 Å². The Morgan fingerprint density at radius 1 is 1.35 bits per heavy atom. The largest absolute Gasteiger partial charge is 0.325 e. The molecule has 20 heavy (non-hydrogen) atoms. The van der Waals surface area contributed by atoms with E-state index in [1.807, 2.05) is 31.3 Å². The molecule has 1 aromatic carbocycles. The maximum absolute atomic E-state index is 11.7. The second kappa shape index (κ2) is 7.16. The number of benzene rings is 1. The normalized spacial score (nSPS) is 10.5. The topological polar surface area (TPSA) is 71.8 Å². The summed E-state index contributed by atoms with van der Waals surface area (Å²) in [6.45, 7) is 0.931. The van der Waals surface area contributed by atoms with E-state index in [2.05, 4.69) is 36.6 Å². The van der Waals surface area contributed by atoms with Crippen LogP contribution in [0.1, 0.15) is 5.82 Å². The highest BCUT2D eigenvalue weighted by Crippen LogP contribution is 2.13. The van der Waals surface area contributed by atoms with Crippen LogP contribution >= 0.6 is 15.9 Å². The van der Waals surface area contributed by atoms with Crippen LogP contribution in [0.3, 0.4) is 0 Å². The first-order valence-electron chi connectivity index (χ1n) is 6.24. The van der Waals surface area contributed by atoms with Gasteiger partial charge < -0.3 is 10.6 Å². The zero-order valence-electron chi connectivity index (χ0n) is 11.1. The summed E-state index contributed by atoms with van der Waals surface area (Å²) >= 11 is 3.35. The molecule has 0 fully saturated rings. The number of anilines is 1. The van der Waals surface area contributed by atoms with Crippen molar-refractivity contribution in [2.24, 2.45) is 7.05 Å². The van der Waals surface area contributed by atoms with Crippen LogP contribution in [0.4, 0.5) is 5.69 Å². The first-order valence-corrected chi connectivity index (χ1v) is 7.03. The molecule has 0 saturated heterocycles. The lowest BCUT2D eigenvalue weighted by Crippen LogP contribution is -2.29. The lowest BCUT2D eigenvalue weighted by atomic mass is 10.3. The number of aryl methyl sites for hydroxylation is 1. The first kappa shape index (κ1) is 14.7. The van der Waals surface area contributed by atoms with E-state index in [0.717, 1.165) is 16.0 Å². The zero-order valence-corrected chi connectivity index (χ0v) is 12.7. The molecule has 0 saturated carbocycles. The monoisotopic (exact) mass is 337 g/mol. The highest BCUT2D eigenvalue weighted by molar-refractivity contribution is 9.10. The summed E-state index contributed by atoms with van der Waals surface area (Å²) in [6, 6.07) is 7.46. The summed E-state index contributed by atoms with van der Waals surface area (Å²) in [5.41, 5.74) is 0.784. The number of hydrogen-bond donors (Lipinski definition) is 2. The van der Waals surface area contributed by atoms with Gasteiger partial charge in [-0.25, -0.2) is 4.98 Å². The van der Waals surface area contributed by atoms with Crippen LogP contribution in [0.25, 0.3) is 0 Å². The van der Waals surface area contributed by atoms with Crippen molar-refractivity contribution in [1.29, 1.82) is 0 Å². The molecule has 0 radical (unpaired) electrons. The van der Waals surface area contributed by atoms with Gasteiger partial charge in [-0.15, -0.1) is 0 Å². The van der Waals surface area contributed by atoms with E-state index in [9.17, 15) is 4.79 Å². The van der Waals surface area contributed by atoms with Gasteiger partial charge in [-0.1, -0.05) is 15.9 Å². The molecule has 7 heteroatoms. The number of halogens is 1. The molecular weight excluding hydrogens is 322 g/mol. The molecule has 0 unspecified atom stereocenters. The van der Waals surface area contributed by atoms with Crippen LogP contribution < -0.4 is 10.6 Å². The van der Waals surface area contributed by atoms with E-state index in [1.54, 1.807) is 11.0 Å². The molecular formula is C13H16BrN5O. The summed E-state index contributed by atoms with van der Waals surface area (Å²) in [5, 5.41) is 10.0. The molecule has 1 heterocycles. The van der Waals surface area contributed by atoms with Crippen molar-refractivity contribution in [2.45, 2.75) is 6.42 Å². The molecule has 0 bridgehead atoms. The Morgan fingerprint density at radius 3 is 2.75 bits per heavy atom. The number of carbonyl (C=O) groups excluding carboxylic acids is 1. The quantitative estimate of drug-likeness (QED) is 0.780. The Hall–Kier alpha value is -1.73. The fraction of sp³-hybridized carbons (Fsp3) is 0.308. The maximum atomic E-state index is 11.7. The lowest BCUT2D eigenvalue weighted by molar-refractivity contribution is -0.115. The van der Waals surface area contributed by atoms with Gasteiger partial charge in [0, 0.05) is 30.2 Å². The fourth-order valence-corrected chi connectivity index (χ4v) is 1.90. The van der Waals surface area contributed by atoms with E-state index >= 15 is 0 Å². The molecule has 106 valence electrons. The molecule has 0 aliphatic heterocycles. The summed E-state index contributed by atoms with van der Waals surface area (Å²) in [5.74, 6) is 0.703. The van der Waals surface area contributed by atoms with E-state index in [1.165, 1.54) is 0 Å². The molecule has 2 aromatic rings. The Kier molecular flexibility index (Phi) is 5.25. The molecule has 1 aromatic heterocycles. The van der Waals surface area contributed by atoms with Gasteiger partial charge in [0.2, 0.25) is 5.91 Å². The third-order valence-electron chi connectivity index (χ3n) is 2.59. The van der Waals surface area contributed by atoms with Crippen LogP contribution in [-0.4, -0.2) is 33.8 Å². The Balaban J connectivity index is 1.66. The third-order valence-corrected chi connectivity index (χ3v) is 3.11. The molecule has 6 nitrogen and oxygen atoms in total. The van der Waals surface area contributed by atoms with Crippen molar-refractivity contribution in [3.05, 3.63) is 40.9 Å². The van der Waals surface area contributed by atoms with Crippen LogP contribution in [0, 0.1) is 0 Å². The van der Waals surface area contributed by atoms with Crippen LogP contribution in [0.2, 0.25) is 0 Å².